The van der Waals surface area contributed by atoms with Crippen molar-refractivity contribution in [3.63, 3.8) is 0 Å². The van der Waals surface area contributed by atoms with E-state index in [1.807, 2.05) is 11.8 Å². The molecule has 0 atom stereocenters. The van der Waals surface area contributed by atoms with Crippen molar-refractivity contribution in [2.24, 2.45) is 0 Å². The smallest absolute Gasteiger partial charge is 0.00518 e. The zero-order valence-corrected chi connectivity index (χ0v) is 10.5. The van der Waals surface area contributed by atoms with Crippen molar-refractivity contribution in [2.45, 2.75) is 33.1 Å². The molecule has 1 rings (SSSR count). The van der Waals surface area contributed by atoms with Crippen molar-refractivity contribution >= 4 is 11.8 Å². The second-order valence-electron chi connectivity index (χ2n) is 3.48. The fourth-order valence-corrected chi connectivity index (χ4v) is 2.35. The highest BCUT2D eigenvalue weighted by Crippen LogP contribution is 2.19. The molecular weight excluding hydrogens is 200 g/mol. The molecule has 0 aromatic heterocycles. The van der Waals surface area contributed by atoms with E-state index in [0.717, 1.165) is 6.42 Å². The summed E-state index contributed by atoms with van der Waals surface area (Å²) in [6.45, 7) is 4.45. The first-order valence-corrected chi connectivity index (χ1v) is 6.71. The number of hydrogen-bond donors (Lipinski definition) is 0. The summed E-state index contributed by atoms with van der Waals surface area (Å²) in [5, 5.41) is 0. The van der Waals surface area contributed by atoms with Crippen molar-refractivity contribution in [3.05, 3.63) is 46.9 Å². The second-order valence-corrected chi connectivity index (χ2v) is 4.87. The van der Waals surface area contributed by atoms with Crippen LogP contribution in [0.5, 0.6) is 0 Å². The van der Waals surface area contributed by atoms with E-state index >= 15 is 0 Å². The van der Waals surface area contributed by atoms with Gasteiger partial charge in [-0.05, 0) is 35.5 Å². The summed E-state index contributed by atoms with van der Waals surface area (Å²) in [7, 11) is 0. The van der Waals surface area contributed by atoms with E-state index in [1.54, 1.807) is 0 Å². The topological polar surface area (TPSA) is 0 Å². The quantitative estimate of drug-likeness (QED) is 0.671. The van der Waals surface area contributed by atoms with Gasteiger partial charge in [0, 0.05) is 0 Å². The van der Waals surface area contributed by atoms with E-state index in [2.05, 4.69) is 50.3 Å². The fraction of sp³-hybridized carbons (Fsp3) is 0.429. The maximum atomic E-state index is 2.39. The van der Waals surface area contributed by atoms with Crippen LogP contribution in [0.1, 0.15) is 32.3 Å². The van der Waals surface area contributed by atoms with Crippen LogP contribution in [0.4, 0.5) is 0 Å². The highest BCUT2D eigenvalue weighted by atomic mass is 32.2. The Morgan fingerprint density at radius 2 is 1.93 bits per heavy atom. The molecule has 0 saturated heterocycles. The van der Waals surface area contributed by atoms with Crippen molar-refractivity contribution in [1.82, 2.24) is 0 Å². The predicted octanol–water partition coefficient (Wildman–Crippen LogP) is 4.67. The molecular formula is C14H20S. The molecule has 0 nitrogen and oxygen atoms in total. The van der Waals surface area contributed by atoms with Gasteiger partial charge in [-0.3, -0.25) is 0 Å². The standard InChI is InChI=1S/C14H20S/c1-3-14(15-4-2)12-8-11-13-9-6-5-7-10-13/h5-7,9-10,12H,3-4,8,11H2,1-2H3/b14-12-. The first-order chi connectivity index (χ1) is 7.36. The molecule has 1 aromatic rings. The number of rotatable bonds is 6. The lowest BCUT2D eigenvalue weighted by Crippen LogP contribution is -1.83. The Bertz CT molecular complexity index is 287. The van der Waals surface area contributed by atoms with Crippen LogP contribution in [0.2, 0.25) is 0 Å². The average molecular weight is 220 g/mol. The number of allylic oxidation sites excluding steroid dienone is 2. The van der Waals surface area contributed by atoms with Crippen LogP contribution in [0.15, 0.2) is 41.3 Å². The summed E-state index contributed by atoms with van der Waals surface area (Å²) in [5.74, 6) is 1.19. The van der Waals surface area contributed by atoms with E-state index < -0.39 is 0 Å². The summed E-state index contributed by atoms with van der Waals surface area (Å²) in [6.07, 6.45) is 5.89. The fourth-order valence-electron chi connectivity index (χ4n) is 1.54. The first kappa shape index (κ1) is 12.4. The molecule has 1 aromatic carbocycles. The molecule has 0 spiro atoms. The Hall–Kier alpha value is -0.690. The summed E-state index contributed by atoms with van der Waals surface area (Å²) < 4.78 is 0. The van der Waals surface area contributed by atoms with Gasteiger partial charge in [-0.2, -0.15) is 0 Å². The molecule has 0 radical (unpaired) electrons. The molecule has 0 fully saturated rings. The van der Waals surface area contributed by atoms with Gasteiger partial charge in [0.25, 0.3) is 0 Å². The minimum absolute atomic E-state index is 1.16. The number of aryl methyl sites for hydroxylation is 1. The molecule has 0 aliphatic carbocycles. The lowest BCUT2D eigenvalue weighted by Gasteiger charge is -2.02. The molecule has 82 valence electrons. The van der Waals surface area contributed by atoms with Crippen LogP contribution in [0, 0.1) is 0 Å². The van der Waals surface area contributed by atoms with Gasteiger partial charge in [-0.15, -0.1) is 11.8 Å². The number of benzene rings is 1. The zero-order chi connectivity index (χ0) is 10.9. The van der Waals surface area contributed by atoms with Gasteiger partial charge < -0.3 is 0 Å². The Morgan fingerprint density at radius 1 is 1.20 bits per heavy atom. The molecule has 0 heterocycles. The first-order valence-electron chi connectivity index (χ1n) is 5.72. The van der Waals surface area contributed by atoms with Crippen LogP contribution in [0.3, 0.4) is 0 Å². The van der Waals surface area contributed by atoms with Gasteiger partial charge >= 0.3 is 0 Å². The maximum absolute atomic E-state index is 2.39. The Labute approximate surface area is 97.8 Å². The lowest BCUT2D eigenvalue weighted by atomic mass is 10.1. The molecule has 0 amide bonds. The normalized spacial score (nSPS) is 11.7. The third kappa shape index (κ3) is 5.08. The minimum atomic E-state index is 1.16. The van der Waals surface area contributed by atoms with Crippen LogP contribution in [-0.2, 0) is 6.42 Å². The monoisotopic (exact) mass is 220 g/mol. The zero-order valence-electron chi connectivity index (χ0n) is 9.70. The molecule has 0 unspecified atom stereocenters. The number of thioether (sulfide) groups is 1. The van der Waals surface area contributed by atoms with E-state index in [1.165, 1.54) is 29.1 Å². The molecule has 0 saturated carbocycles. The predicted molar refractivity (Wildman–Crippen MR) is 71.3 cm³/mol. The summed E-state index contributed by atoms with van der Waals surface area (Å²) in [4.78, 5) is 1.54. The highest BCUT2D eigenvalue weighted by Gasteiger charge is 1.93. The molecule has 0 bridgehead atoms. The SMILES string of the molecule is CCS/C(=C\CCc1ccccc1)CC. The Balaban J connectivity index is 2.37. The van der Waals surface area contributed by atoms with Gasteiger partial charge in [0.1, 0.15) is 0 Å². The van der Waals surface area contributed by atoms with Crippen LogP contribution < -0.4 is 0 Å². The molecule has 0 aliphatic rings. The minimum Gasteiger partial charge on any atom is -0.131 e. The van der Waals surface area contributed by atoms with Gasteiger partial charge in [0.15, 0.2) is 0 Å². The second kappa shape index (κ2) is 7.58. The third-order valence-electron chi connectivity index (χ3n) is 2.33. The highest BCUT2D eigenvalue weighted by molar-refractivity contribution is 8.03. The van der Waals surface area contributed by atoms with Crippen molar-refractivity contribution in [3.8, 4) is 0 Å². The van der Waals surface area contributed by atoms with E-state index in [0.29, 0.717) is 0 Å². The van der Waals surface area contributed by atoms with Gasteiger partial charge in [0.2, 0.25) is 0 Å². The summed E-state index contributed by atoms with van der Waals surface area (Å²) >= 11 is 1.97. The van der Waals surface area contributed by atoms with Crippen molar-refractivity contribution < 1.29 is 0 Å². The molecule has 1 heteroatoms. The average Bonchev–Trinajstić information content (AvgIpc) is 2.29. The summed E-state index contributed by atoms with van der Waals surface area (Å²) in [6, 6.07) is 10.7. The Kier molecular flexibility index (Phi) is 6.26. The van der Waals surface area contributed by atoms with Crippen molar-refractivity contribution in [1.29, 1.82) is 0 Å². The van der Waals surface area contributed by atoms with E-state index in [4.69, 9.17) is 0 Å². The third-order valence-corrected chi connectivity index (χ3v) is 3.44. The van der Waals surface area contributed by atoms with Crippen LogP contribution in [-0.4, -0.2) is 5.75 Å². The van der Waals surface area contributed by atoms with Gasteiger partial charge in [-0.1, -0.05) is 50.3 Å². The maximum Gasteiger partial charge on any atom is -0.00518 e. The van der Waals surface area contributed by atoms with Gasteiger partial charge in [0.05, 0.1) is 0 Å². The van der Waals surface area contributed by atoms with Gasteiger partial charge in [-0.25, -0.2) is 0 Å². The molecule has 15 heavy (non-hydrogen) atoms. The van der Waals surface area contributed by atoms with Crippen LogP contribution >= 0.6 is 11.8 Å². The summed E-state index contributed by atoms with van der Waals surface area (Å²) in [5.41, 5.74) is 1.44. The molecule has 0 N–H and O–H groups in total. The van der Waals surface area contributed by atoms with E-state index in [9.17, 15) is 0 Å². The van der Waals surface area contributed by atoms with Crippen molar-refractivity contribution in [2.75, 3.05) is 5.75 Å². The number of hydrogen-bond acceptors (Lipinski definition) is 1. The Morgan fingerprint density at radius 3 is 2.53 bits per heavy atom. The van der Waals surface area contributed by atoms with E-state index in [-0.39, 0.29) is 0 Å². The van der Waals surface area contributed by atoms with Crippen LogP contribution in [0.25, 0.3) is 0 Å². The largest absolute Gasteiger partial charge is 0.131 e. The molecule has 0 aliphatic heterocycles. The lowest BCUT2D eigenvalue weighted by molar-refractivity contribution is 0.988.